The van der Waals surface area contributed by atoms with Crippen molar-refractivity contribution < 1.29 is 0 Å². The van der Waals surface area contributed by atoms with Crippen LogP contribution in [0.25, 0.3) is 0 Å². The van der Waals surface area contributed by atoms with Crippen molar-refractivity contribution in [1.29, 1.82) is 0 Å². The van der Waals surface area contributed by atoms with Gasteiger partial charge in [-0.3, -0.25) is 0 Å². The van der Waals surface area contributed by atoms with Crippen LogP contribution >= 0.6 is 46.6 Å². The van der Waals surface area contributed by atoms with E-state index >= 15 is 0 Å². The van der Waals surface area contributed by atoms with E-state index in [1.165, 1.54) is 0 Å². The molecule has 0 aliphatic heterocycles. The number of halogens is 3. The highest BCUT2D eigenvalue weighted by atomic mass is 35.5. The Bertz CT molecular complexity index is 317. The molecule has 1 N–H and O–H groups in total. The van der Waals surface area contributed by atoms with E-state index in [2.05, 4.69) is 5.32 Å². The number of benzene rings is 1. The maximum atomic E-state index is 6.00. The fourth-order valence-corrected chi connectivity index (χ4v) is 2.58. The zero-order valence-electron chi connectivity index (χ0n) is 7.61. The summed E-state index contributed by atoms with van der Waals surface area (Å²) in [5, 5.41) is 4.75. The molecule has 78 valence electrons. The predicted molar refractivity (Wildman–Crippen MR) is 66.1 cm³/mol. The first-order valence-electron chi connectivity index (χ1n) is 4.07. The molecule has 0 radical (unpaired) electrons. The summed E-state index contributed by atoms with van der Waals surface area (Å²) in [5.74, 6) is 0.953. The molecule has 0 saturated carbocycles. The molecule has 0 bridgehead atoms. The van der Waals surface area contributed by atoms with Crippen molar-refractivity contribution in [1.82, 2.24) is 5.32 Å². The van der Waals surface area contributed by atoms with Gasteiger partial charge in [0.2, 0.25) is 0 Å². The van der Waals surface area contributed by atoms with Gasteiger partial charge in [0.15, 0.2) is 0 Å². The zero-order chi connectivity index (χ0) is 10.6. The fourth-order valence-electron chi connectivity index (χ4n) is 0.878. The summed E-state index contributed by atoms with van der Waals surface area (Å²) in [6.07, 6.45) is 0. The van der Waals surface area contributed by atoms with Gasteiger partial charge in [0.25, 0.3) is 0 Å². The van der Waals surface area contributed by atoms with Gasteiger partial charge in [-0.05, 0) is 19.2 Å². The van der Waals surface area contributed by atoms with Crippen LogP contribution in [0, 0.1) is 0 Å². The van der Waals surface area contributed by atoms with E-state index in [9.17, 15) is 0 Å². The lowest BCUT2D eigenvalue weighted by molar-refractivity contribution is 0.872. The number of thioether (sulfide) groups is 1. The van der Waals surface area contributed by atoms with E-state index in [1.807, 2.05) is 7.05 Å². The maximum Gasteiger partial charge on any atom is 0.0607 e. The summed E-state index contributed by atoms with van der Waals surface area (Å²) in [6, 6.07) is 3.47. The minimum absolute atomic E-state index is 0.495. The van der Waals surface area contributed by atoms with Crippen LogP contribution in [0.1, 0.15) is 0 Å². The third kappa shape index (κ3) is 3.52. The third-order valence-electron chi connectivity index (χ3n) is 1.58. The average Bonchev–Trinajstić information content (AvgIpc) is 2.14. The van der Waals surface area contributed by atoms with Crippen molar-refractivity contribution in [2.24, 2.45) is 0 Å². The Hall–Kier alpha value is 0.400. The number of hydrogen-bond acceptors (Lipinski definition) is 2. The molecule has 1 aromatic rings. The number of rotatable bonds is 4. The van der Waals surface area contributed by atoms with Crippen molar-refractivity contribution in [3.05, 3.63) is 27.2 Å². The molecule has 0 heterocycles. The van der Waals surface area contributed by atoms with Crippen LogP contribution in [-0.4, -0.2) is 19.3 Å². The molecule has 14 heavy (non-hydrogen) atoms. The van der Waals surface area contributed by atoms with E-state index in [0.29, 0.717) is 15.1 Å². The highest BCUT2D eigenvalue weighted by molar-refractivity contribution is 7.99. The first kappa shape index (κ1) is 12.5. The van der Waals surface area contributed by atoms with Crippen LogP contribution in [0.4, 0.5) is 0 Å². The van der Waals surface area contributed by atoms with Crippen LogP contribution in [-0.2, 0) is 0 Å². The fraction of sp³-hybridized carbons (Fsp3) is 0.333. The second kappa shape index (κ2) is 6.09. The lowest BCUT2D eigenvalue weighted by atomic mass is 10.4. The topological polar surface area (TPSA) is 12.0 Å². The molecule has 0 aliphatic rings. The van der Waals surface area contributed by atoms with Crippen molar-refractivity contribution in [2.45, 2.75) is 4.90 Å². The van der Waals surface area contributed by atoms with Crippen molar-refractivity contribution in [2.75, 3.05) is 19.3 Å². The number of hydrogen-bond donors (Lipinski definition) is 1. The molecule has 0 spiro atoms. The van der Waals surface area contributed by atoms with Crippen molar-refractivity contribution in [3.8, 4) is 0 Å². The minimum Gasteiger partial charge on any atom is -0.319 e. The van der Waals surface area contributed by atoms with Gasteiger partial charge in [0, 0.05) is 17.2 Å². The van der Waals surface area contributed by atoms with Crippen molar-refractivity contribution in [3.63, 3.8) is 0 Å². The normalized spacial score (nSPS) is 10.6. The van der Waals surface area contributed by atoms with Gasteiger partial charge in [0.1, 0.15) is 0 Å². The van der Waals surface area contributed by atoms with Gasteiger partial charge >= 0.3 is 0 Å². The standard InChI is InChI=1S/C9H10Cl3NS/c1-13-2-3-14-9-5-7(11)6(10)4-8(9)12/h4-5,13H,2-3H2,1H3. The largest absolute Gasteiger partial charge is 0.319 e. The summed E-state index contributed by atoms with van der Waals surface area (Å²) in [5.41, 5.74) is 0. The van der Waals surface area contributed by atoms with Gasteiger partial charge in [-0.2, -0.15) is 0 Å². The molecular weight excluding hydrogens is 261 g/mol. The molecule has 1 aromatic carbocycles. The Morgan fingerprint density at radius 3 is 2.43 bits per heavy atom. The molecular formula is C9H10Cl3NS. The number of nitrogens with one attached hydrogen (secondary N) is 1. The molecule has 0 aliphatic carbocycles. The Labute approximate surface area is 103 Å². The van der Waals surface area contributed by atoms with Crippen LogP contribution in [0.3, 0.4) is 0 Å². The van der Waals surface area contributed by atoms with Gasteiger partial charge in [0.05, 0.1) is 15.1 Å². The van der Waals surface area contributed by atoms with E-state index in [1.54, 1.807) is 23.9 Å². The van der Waals surface area contributed by atoms with Gasteiger partial charge in [-0.15, -0.1) is 11.8 Å². The summed E-state index contributed by atoms with van der Waals surface area (Å²) in [6.45, 7) is 0.932. The Balaban J connectivity index is 2.72. The van der Waals surface area contributed by atoms with Crippen LogP contribution in [0.2, 0.25) is 15.1 Å². The van der Waals surface area contributed by atoms with Crippen LogP contribution in [0.5, 0.6) is 0 Å². The summed E-state index contributed by atoms with van der Waals surface area (Å²) >= 11 is 19.3. The molecule has 0 unspecified atom stereocenters. The SMILES string of the molecule is CNCCSc1cc(Cl)c(Cl)cc1Cl. The second-order valence-electron chi connectivity index (χ2n) is 2.65. The molecule has 5 heteroatoms. The monoisotopic (exact) mass is 269 g/mol. The first-order valence-corrected chi connectivity index (χ1v) is 6.19. The molecule has 0 atom stereocenters. The Morgan fingerprint density at radius 2 is 1.79 bits per heavy atom. The second-order valence-corrected chi connectivity index (χ2v) is 5.01. The minimum atomic E-state index is 0.495. The summed E-state index contributed by atoms with van der Waals surface area (Å²) < 4.78 is 0. The van der Waals surface area contributed by atoms with Crippen LogP contribution in [0.15, 0.2) is 17.0 Å². The first-order chi connectivity index (χ1) is 6.65. The Kier molecular flexibility index (Phi) is 5.42. The van der Waals surface area contributed by atoms with Gasteiger partial charge < -0.3 is 5.32 Å². The highest BCUT2D eigenvalue weighted by Crippen LogP contribution is 2.34. The molecule has 0 aromatic heterocycles. The highest BCUT2D eigenvalue weighted by Gasteiger charge is 2.05. The maximum absolute atomic E-state index is 6.00. The lowest BCUT2D eigenvalue weighted by Crippen LogP contribution is -2.09. The van der Waals surface area contributed by atoms with Gasteiger partial charge in [-0.1, -0.05) is 34.8 Å². The summed E-state index contributed by atoms with van der Waals surface area (Å²) in [4.78, 5) is 0.969. The average molecular weight is 271 g/mol. The van der Waals surface area contributed by atoms with Crippen molar-refractivity contribution >= 4 is 46.6 Å². The van der Waals surface area contributed by atoms with Gasteiger partial charge in [-0.25, -0.2) is 0 Å². The Morgan fingerprint density at radius 1 is 1.14 bits per heavy atom. The molecule has 0 saturated heterocycles. The smallest absolute Gasteiger partial charge is 0.0607 e. The summed E-state index contributed by atoms with van der Waals surface area (Å²) in [7, 11) is 1.91. The lowest BCUT2D eigenvalue weighted by Gasteiger charge is -2.05. The third-order valence-corrected chi connectivity index (χ3v) is 3.79. The van der Waals surface area contributed by atoms with Crippen LogP contribution < -0.4 is 5.32 Å². The molecule has 1 rings (SSSR count). The van der Waals surface area contributed by atoms with E-state index in [4.69, 9.17) is 34.8 Å². The van der Waals surface area contributed by atoms with E-state index in [0.717, 1.165) is 17.2 Å². The molecule has 0 amide bonds. The van der Waals surface area contributed by atoms with E-state index in [-0.39, 0.29) is 0 Å². The van der Waals surface area contributed by atoms with E-state index < -0.39 is 0 Å². The molecule has 1 nitrogen and oxygen atoms in total. The molecule has 0 fully saturated rings. The predicted octanol–water partition coefficient (Wildman–Crippen LogP) is 3.96. The quantitative estimate of drug-likeness (QED) is 0.505. The zero-order valence-corrected chi connectivity index (χ0v) is 10.7.